The molecule has 19 heavy (non-hydrogen) atoms. The average molecular weight is 344 g/mol. The number of benzene rings is 1. The normalized spacial score (nSPS) is 10.2. The van der Waals surface area contributed by atoms with Crippen LogP contribution in [0, 0.1) is 5.13 Å². The Morgan fingerprint density at radius 3 is 2.74 bits per heavy atom. The number of hydrogen-bond donors (Lipinski definition) is 1. The lowest BCUT2D eigenvalue weighted by Crippen LogP contribution is -2.23. The number of amides is 1. The molecule has 0 saturated heterocycles. The summed E-state index contributed by atoms with van der Waals surface area (Å²) in [5.41, 5.74) is 1.61. The second-order valence-electron chi connectivity index (χ2n) is 3.76. The van der Waals surface area contributed by atoms with E-state index >= 15 is 0 Å². The Labute approximate surface area is 122 Å². The van der Waals surface area contributed by atoms with Crippen LogP contribution >= 0.6 is 27.3 Å². The van der Waals surface area contributed by atoms with Crippen LogP contribution in [0.5, 0.6) is 0 Å². The fourth-order valence-corrected chi connectivity index (χ4v) is 2.79. The molecule has 1 heterocycles. The molecule has 0 spiro atoms. The molecular weight excluding hydrogens is 333 g/mol. The van der Waals surface area contributed by atoms with Gasteiger partial charge in [0.2, 0.25) is 0 Å². The van der Waals surface area contributed by atoms with Gasteiger partial charge in [-0.15, -0.1) is 0 Å². The third-order valence-electron chi connectivity index (χ3n) is 2.36. The van der Waals surface area contributed by atoms with Crippen molar-refractivity contribution in [1.29, 1.82) is 0 Å². The first-order valence-electron chi connectivity index (χ1n) is 5.53. The summed E-state index contributed by atoms with van der Waals surface area (Å²) in [7, 11) is 0. The van der Waals surface area contributed by atoms with Gasteiger partial charge in [-0.1, -0.05) is 41.7 Å². The summed E-state index contributed by atoms with van der Waals surface area (Å²) >= 11 is 4.22. The fourth-order valence-electron chi connectivity index (χ4n) is 1.44. The van der Waals surface area contributed by atoms with Crippen molar-refractivity contribution in [2.24, 2.45) is 0 Å². The lowest BCUT2D eigenvalue weighted by Gasteiger charge is -2.06. The van der Waals surface area contributed by atoms with Gasteiger partial charge in [0.25, 0.3) is 0 Å². The molecule has 1 N–H and O–H groups in total. The minimum absolute atomic E-state index is 0.214. The fraction of sp³-hybridized carbons (Fsp3) is 0.154. The van der Waals surface area contributed by atoms with Crippen LogP contribution in [0.1, 0.15) is 11.1 Å². The van der Waals surface area contributed by atoms with E-state index < -0.39 is 6.09 Å². The molecule has 0 aliphatic rings. The van der Waals surface area contributed by atoms with Gasteiger partial charge in [-0.2, -0.15) is 4.39 Å². The average Bonchev–Trinajstić information content (AvgIpc) is 2.73. The second kappa shape index (κ2) is 6.68. The van der Waals surface area contributed by atoms with Gasteiger partial charge in [0.05, 0.1) is 3.79 Å². The summed E-state index contributed by atoms with van der Waals surface area (Å²) in [6.45, 7) is 0.445. The SMILES string of the molecule is O=C(NCc1cc(F)sc1Br)OCc1ccccc1. The van der Waals surface area contributed by atoms with Gasteiger partial charge < -0.3 is 10.1 Å². The number of halogens is 2. The molecule has 1 aromatic heterocycles. The predicted octanol–water partition coefficient (Wildman–Crippen LogP) is 4.08. The van der Waals surface area contributed by atoms with E-state index in [-0.39, 0.29) is 18.3 Å². The smallest absolute Gasteiger partial charge is 0.407 e. The quantitative estimate of drug-likeness (QED) is 0.908. The highest BCUT2D eigenvalue weighted by atomic mass is 79.9. The Bertz CT molecular complexity index is 559. The van der Waals surface area contributed by atoms with Gasteiger partial charge >= 0.3 is 6.09 Å². The van der Waals surface area contributed by atoms with Crippen LogP contribution in [-0.2, 0) is 17.9 Å². The number of alkyl carbamates (subject to hydrolysis) is 1. The summed E-state index contributed by atoms with van der Waals surface area (Å²) in [4.78, 5) is 11.5. The molecule has 0 aliphatic carbocycles. The van der Waals surface area contributed by atoms with Crippen LogP contribution in [0.4, 0.5) is 9.18 Å². The van der Waals surface area contributed by atoms with Crippen molar-refractivity contribution >= 4 is 33.4 Å². The minimum atomic E-state index is -0.526. The predicted molar refractivity (Wildman–Crippen MR) is 75.4 cm³/mol. The van der Waals surface area contributed by atoms with Crippen molar-refractivity contribution in [1.82, 2.24) is 5.32 Å². The summed E-state index contributed by atoms with van der Waals surface area (Å²) in [5.74, 6) is 0. The molecule has 0 bridgehead atoms. The number of rotatable bonds is 4. The molecular formula is C13H11BrFNO2S. The van der Waals surface area contributed by atoms with E-state index in [1.807, 2.05) is 30.3 Å². The first kappa shape index (κ1) is 14.0. The molecule has 1 aromatic carbocycles. The maximum absolute atomic E-state index is 12.9. The molecule has 0 atom stereocenters. The first-order valence-corrected chi connectivity index (χ1v) is 7.14. The molecule has 2 aromatic rings. The van der Waals surface area contributed by atoms with Crippen LogP contribution in [0.3, 0.4) is 0 Å². The van der Waals surface area contributed by atoms with Crippen molar-refractivity contribution in [3.05, 3.63) is 56.4 Å². The number of carbonyl (C=O) groups is 1. The topological polar surface area (TPSA) is 38.3 Å². The summed E-state index contributed by atoms with van der Waals surface area (Å²) in [5, 5.41) is 2.28. The maximum atomic E-state index is 12.9. The van der Waals surface area contributed by atoms with Crippen molar-refractivity contribution in [3.63, 3.8) is 0 Å². The van der Waals surface area contributed by atoms with E-state index in [9.17, 15) is 9.18 Å². The van der Waals surface area contributed by atoms with E-state index in [1.165, 1.54) is 6.07 Å². The van der Waals surface area contributed by atoms with Gasteiger partial charge in [0.15, 0.2) is 5.13 Å². The molecule has 6 heteroatoms. The monoisotopic (exact) mass is 343 g/mol. The Morgan fingerprint density at radius 1 is 1.37 bits per heavy atom. The first-order chi connectivity index (χ1) is 9.15. The van der Waals surface area contributed by atoms with E-state index in [4.69, 9.17) is 4.74 Å². The standard InChI is InChI=1S/C13H11BrFNO2S/c14-12-10(6-11(15)19-12)7-16-13(17)18-8-9-4-2-1-3-5-9/h1-6H,7-8H2,(H,16,17). The third kappa shape index (κ3) is 4.33. The van der Waals surface area contributed by atoms with Crippen molar-refractivity contribution in [2.75, 3.05) is 0 Å². The Kier molecular flexibility index (Phi) is 4.93. The van der Waals surface area contributed by atoms with E-state index in [0.717, 1.165) is 16.9 Å². The molecule has 0 radical (unpaired) electrons. The van der Waals surface area contributed by atoms with E-state index in [0.29, 0.717) is 9.35 Å². The highest BCUT2D eigenvalue weighted by Crippen LogP contribution is 2.26. The zero-order valence-corrected chi connectivity index (χ0v) is 12.3. The number of ether oxygens (including phenoxy) is 1. The van der Waals surface area contributed by atoms with Crippen molar-refractivity contribution in [3.8, 4) is 0 Å². The zero-order chi connectivity index (χ0) is 13.7. The number of nitrogens with one attached hydrogen (secondary N) is 1. The third-order valence-corrected chi connectivity index (χ3v) is 4.11. The Morgan fingerprint density at radius 2 is 2.11 bits per heavy atom. The van der Waals surface area contributed by atoms with Crippen LogP contribution in [0.2, 0.25) is 0 Å². The van der Waals surface area contributed by atoms with Crippen LogP contribution < -0.4 is 5.32 Å². The molecule has 3 nitrogen and oxygen atoms in total. The highest BCUT2D eigenvalue weighted by Gasteiger charge is 2.08. The van der Waals surface area contributed by atoms with Crippen molar-refractivity contribution < 1.29 is 13.9 Å². The zero-order valence-electron chi connectivity index (χ0n) is 9.86. The maximum Gasteiger partial charge on any atom is 0.407 e. The summed E-state index contributed by atoms with van der Waals surface area (Å²) in [6, 6.07) is 10.8. The molecule has 0 saturated carbocycles. The van der Waals surface area contributed by atoms with E-state index in [1.54, 1.807) is 0 Å². The van der Waals surface area contributed by atoms with Gasteiger partial charge in [-0.25, -0.2) is 4.79 Å². The van der Waals surface area contributed by atoms with Gasteiger partial charge in [0.1, 0.15) is 6.61 Å². The number of thiophene rings is 1. The summed E-state index contributed by atoms with van der Waals surface area (Å²) in [6.07, 6.45) is -0.526. The Balaban J connectivity index is 1.77. The van der Waals surface area contributed by atoms with Crippen LogP contribution in [-0.4, -0.2) is 6.09 Å². The number of hydrogen-bond acceptors (Lipinski definition) is 3. The van der Waals surface area contributed by atoms with E-state index in [2.05, 4.69) is 21.2 Å². The lowest BCUT2D eigenvalue weighted by molar-refractivity contribution is 0.139. The largest absolute Gasteiger partial charge is 0.445 e. The van der Waals surface area contributed by atoms with Crippen molar-refractivity contribution in [2.45, 2.75) is 13.2 Å². The van der Waals surface area contributed by atoms with Crippen LogP contribution in [0.25, 0.3) is 0 Å². The molecule has 0 aliphatic heterocycles. The number of carbonyl (C=O) groups excluding carboxylic acids is 1. The van der Waals surface area contributed by atoms with Gasteiger partial charge in [-0.05, 0) is 33.1 Å². The molecule has 1 amide bonds. The molecule has 100 valence electrons. The second-order valence-corrected chi connectivity index (χ2v) is 6.09. The highest BCUT2D eigenvalue weighted by molar-refractivity contribution is 9.11. The minimum Gasteiger partial charge on any atom is -0.445 e. The summed E-state index contributed by atoms with van der Waals surface area (Å²) < 4.78 is 18.6. The van der Waals surface area contributed by atoms with Gasteiger partial charge in [0, 0.05) is 6.54 Å². The Hall–Kier alpha value is -1.40. The van der Waals surface area contributed by atoms with Crippen LogP contribution in [0.15, 0.2) is 40.2 Å². The molecule has 0 fully saturated rings. The molecule has 2 rings (SSSR count). The van der Waals surface area contributed by atoms with Gasteiger partial charge in [-0.3, -0.25) is 0 Å². The lowest BCUT2D eigenvalue weighted by atomic mass is 10.2. The molecule has 0 unspecified atom stereocenters.